The maximum absolute atomic E-state index is 13.7. The minimum Gasteiger partial charge on any atom is -0.497 e. The van der Waals surface area contributed by atoms with E-state index in [1.807, 2.05) is 18.2 Å². The van der Waals surface area contributed by atoms with Gasteiger partial charge in [0.25, 0.3) is 0 Å². The molecule has 2 N–H and O–H groups in total. The molecule has 7 heteroatoms. The minimum atomic E-state index is -1.08. The molecule has 2 aromatic carbocycles. The number of nitrogens with zero attached hydrogens (tertiary/aromatic N) is 1. The Morgan fingerprint density at radius 2 is 2.03 bits per heavy atom. The third-order valence-corrected chi connectivity index (χ3v) is 5.00. The molecule has 0 unspecified atom stereocenters. The number of ether oxygens (including phenoxy) is 1. The zero-order chi connectivity index (χ0) is 20.5. The molecular formula is C22H16ClFN2O3. The predicted molar refractivity (Wildman–Crippen MR) is 109 cm³/mol. The van der Waals surface area contributed by atoms with Crippen molar-refractivity contribution in [3.05, 3.63) is 82.4 Å². The zero-order valence-corrected chi connectivity index (χ0v) is 16.1. The highest BCUT2D eigenvalue weighted by molar-refractivity contribution is 6.31. The lowest BCUT2D eigenvalue weighted by atomic mass is 10.0. The number of aromatic nitrogens is 2. The number of hydrogen-bond acceptors (Lipinski definition) is 3. The Labute approximate surface area is 170 Å². The fourth-order valence-electron chi connectivity index (χ4n) is 3.32. The van der Waals surface area contributed by atoms with Gasteiger partial charge in [-0.3, -0.25) is 0 Å². The quantitative estimate of drug-likeness (QED) is 0.467. The number of methoxy groups -OCH3 is 1. The van der Waals surface area contributed by atoms with Crippen LogP contribution in [-0.2, 0) is 6.42 Å². The van der Waals surface area contributed by atoms with Crippen LogP contribution in [0.3, 0.4) is 0 Å². The first-order valence-electron chi connectivity index (χ1n) is 8.79. The first kappa shape index (κ1) is 19.0. The van der Waals surface area contributed by atoms with E-state index in [2.05, 4.69) is 9.97 Å². The molecule has 0 amide bonds. The summed E-state index contributed by atoms with van der Waals surface area (Å²) < 4.78 is 19.0. The predicted octanol–water partition coefficient (Wildman–Crippen LogP) is 5.32. The number of pyridine rings is 1. The standard InChI is InChI=1S/C22H16ClFN2O3/c1-29-14-6-7-15-16(10-13-3-2-4-19(25-13)22(27)28)21(26-20(15)11-14)12-5-8-18(24)17(23)9-12/h2-9,11,26H,10H2,1H3,(H,27,28). The SMILES string of the molecule is COc1ccc2c(Cc3cccc(C(=O)O)n3)c(-c3ccc(F)c(Cl)c3)[nH]c2c1. The van der Waals surface area contributed by atoms with Gasteiger partial charge in [-0.15, -0.1) is 0 Å². The average Bonchev–Trinajstić information content (AvgIpc) is 3.07. The Morgan fingerprint density at radius 1 is 1.21 bits per heavy atom. The highest BCUT2D eigenvalue weighted by Crippen LogP contribution is 2.35. The van der Waals surface area contributed by atoms with Crippen LogP contribution >= 0.6 is 11.6 Å². The van der Waals surface area contributed by atoms with Gasteiger partial charge < -0.3 is 14.8 Å². The van der Waals surface area contributed by atoms with E-state index in [-0.39, 0.29) is 10.7 Å². The van der Waals surface area contributed by atoms with Gasteiger partial charge in [0.05, 0.1) is 17.8 Å². The molecule has 0 saturated carbocycles. The summed E-state index contributed by atoms with van der Waals surface area (Å²) >= 11 is 5.99. The van der Waals surface area contributed by atoms with Gasteiger partial charge >= 0.3 is 5.97 Å². The summed E-state index contributed by atoms with van der Waals surface area (Å²) in [4.78, 5) is 18.8. The number of carboxylic acids is 1. The Balaban J connectivity index is 1.89. The van der Waals surface area contributed by atoms with Gasteiger partial charge in [-0.1, -0.05) is 17.7 Å². The number of halogens is 2. The molecule has 0 fully saturated rings. The van der Waals surface area contributed by atoms with E-state index in [4.69, 9.17) is 16.3 Å². The maximum Gasteiger partial charge on any atom is 0.354 e. The number of H-pyrrole nitrogens is 1. The summed E-state index contributed by atoms with van der Waals surface area (Å²) in [5, 5.41) is 10.2. The summed E-state index contributed by atoms with van der Waals surface area (Å²) in [6.45, 7) is 0. The van der Waals surface area contributed by atoms with Crippen molar-refractivity contribution in [1.29, 1.82) is 0 Å². The lowest BCUT2D eigenvalue weighted by molar-refractivity contribution is 0.0690. The van der Waals surface area contributed by atoms with Crippen molar-refractivity contribution in [2.75, 3.05) is 7.11 Å². The van der Waals surface area contributed by atoms with E-state index in [1.165, 1.54) is 12.1 Å². The Kier molecular flexibility index (Phi) is 4.94. The number of carbonyl (C=O) groups is 1. The molecule has 4 rings (SSSR count). The molecule has 4 aromatic rings. The van der Waals surface area contributed by atoms with E-state index in [9.17, 15) is 14.3 Å². The smallest absolute Gasteiger partial charge is 0.354 e. The van der Waals surface area contributed by atoms with Crippen LogP contribution in [0.4, 0.5) is 4.39 Å². The van der Waals surface area contributed by atoms with Crippen molar-refractivity contribution in [3.8, 4) is 17.0 Å². The second-order valence-corrected chi connectivity index (χ2v) is 6.92. The van der Waals surface area contributed by atoms with E-state index in [0.29, 0.717) is 17.9 Å². The first-order valence-corrected chi connectivity index (χ1v) is 9.17. The van der Waals surface area contributed by atoms with Crippen LogP contribution in [0, 0.1) is 5.82 Å². The highest BCUT2D eigenvalue weighted by atomic mass is 35.5. The Bertz CT molecular complexity index is 1240. The molecule has 0 aliphatic heterocycles. The molecule has 0 spiro atoms. The second-order valence-electron chi connectivity index (χ2n) is 6.52. The van der Waals surface area contributed by atoms with Crippen molar-refractivity contribution in [1.82, 2.24) is 9.97 Å². The highest BCUT2D eigenvalue weighted by Gasteiger charge is 2.17. The number of nitrogens with one attached hydrogen (secondary N) is 1. The number of fused-ring (bicyclic) bond motifs is 1. The molecule has 0 aliphatic carbocycles. The Hall–Kier alpha value is -3.38. The minimum absolute atomic E-state index is 0.0182. The van der Waals surface area contributed by atoms with Crippen molar-refractivity contribution < 1.29 is 19.0 Å². The molecule has 2 heterocycles. The zero-order valence-electron chi connectivity index (χ0n) is 15.4. The molecule has 0 saturated heterocycles. The van der Waals surface area contributed by atoms with Crippen LogP contribution in [0.25, 0.3) is 22.2 Å². The summed E-state index contributed by atoms with van der Waals surface area (Å²) in [6, 6.07) is 15.1. The topological polar surface area (TPSA) is 75.2 Å². The maximum atomic E-state index is 13.7. The molecule has 0 bridgehead atoms. The summed E-state index contributed by atoms with van der Waals surface area (Å²) in [5.74, 6) is -0.883. The molecule has 146 valence electrons. The average molecular weight is 411 g/mol. The van der Waals surface area contributed by atoms with Crippen molar-refractivity contribution >= 4 is 28.5 Å². The van der Waals surface area contributed by atoms with E-state index in [0.717, 1.165) is 27.7 Å². The summed E-state index contributed by atoms with van der Waals surface area (Å²) in [7, 11) is 1.59. The number of benzene rings is 2. The molecular weight excluding hydrogens is 395 g/mol. The van der Waals surface area contributed by atoms with Gasteiger partial charge in [-0.2, -0.15) is 0 Å². The fourth-order valence-corrected chi connectivity index (χ4v) is 3.50. The van der Waals surface area contributed by atoms with Gasteiger partial charge in [0.2, 0.25) is 0 Å². The van der Waals surface area contributed by atoms with Crippen LogP contribution in [0.5, 0.6) is 5.75 Å². The van der Waals surface area contributed by atoms with Crippen LogP contribution in [0.15, 0.2) is 54.6 Å². The molecule has 29 heavy (non-hydrogen) atoms. The summed E-state index contributed by atoms with van der Waals surface area (Å²) in [6.07, 6.45) is 0.387. The lowest BCUT2D eigenvalue weighted by Gasteiger charge is -2.07. The van der Waals surface area contributed by atoms with Crippen LogP contribution in [0.1, 0.15) is 21.7 Å². The third kappa shape index (κ3) is 3.67. The normalized spacial score (nSPS) is 11.0. The van der Waals surface area contributed by atoms with Gasteiger partial charge in [0.15, 0.2) is 0 Å². The second kappa shape index (κ2) is 7.56. The number of aromatic amines is 1. The number of aromatic carboxylic acids is 1. The molecule has 0 aliphatic rings. The van der Waals surface area contributed by atoms with E-state index in [1.54, 1.807) is 31.4 Å². The van der Waals surface area contributed by atoms with Gasteiger partial charge in [-0.05, 0) is 53.6 Å². The van der Waals surface area contributed by atoms with Gasteiger partial charge in [-0.25, -0.2) is 14.2 Å². The molecule has 5 nitrogen and oxygen atoms in total. The van der Waals surface area contributed by atoms with Crippen LogP contribution < -0.4 is 4.74 Å². The monoisotopic (exact) mass is 410 g/mol. The Morgan fingerprint density at radius 3 is 2.76 bits per heavy atom. The number of carboxylic acid groups (broad SMARTS) is 1. The van der Waals surface area contributed by atoms with Crippen LogP contribution in [0.2, 0.25) is 5.02 Å². The van der Waals surface area contributed by atoms with Gasteiger partial charge in [0, 0.05) is 29.1 Å². The first-order chi connectivity index (χ1) is 14.0. The summed E-state index contributed by atoms with van der Waals surface area (Å²) in [5.41, 5.74) is 3.81. The van der Waals surface area contributed by atoms with Crippen molar-refractivity contribution in [3.63, 3.8) is 0 Å². The molecule has 0 radical (unpaired) electrons. The van der Waals surface area contributed by atoms with E-state index >= 15 is 0 Å². The van der Waals surface area contributed by atoms with Crippen LogP contribution in [-0.4, -0.2) is 28.2 Å². The van der Waals surface area contributed by atoms with Crippen molar-refractivity contribution in [2.45, 2.75) is 6.42 Å². The number of hydrogen-bond donors (Lipinski definition) is 2. The number of rotatable bonds is 5. The molecule has 0 atom stereocenters. The largest absolute Gasteiger partial charge is 0.497 e. The fraction of sp³-hybridized carbons (Fsp3) is 0.0909. The van der Waals surface area contributed by atoms with Gasteiger partial charge in [0.1, 0.15) is 17.3 Å². The van der Waals surface area contributed by atoms with Crippen molar-refractivity contribution in [2.24, 2.45) is 0 Å². The third-order valence-electron chi connectivity index (χ3n) is 4.71. The lowest BCUT2D eigenvalue weighted by Crippen LogP contribution is -2.03. The molecule has 2 aromatic heterocycles. The van der Waals surface area contributed by atoms with E-state index < -0.39 is 11.8 Å².